The van der Waals surface area contributed by atoms with Gasteiger partial charge < -0.3 is 5.11 Å². The Morgan fingerprint density at radius 1 is 1.67 bits per heavy atom. The number of carboxylic acid groups (broad SMARTS) is 1. The fourth-order valence-corrected chi connectivity index (χ4v) is 0. The van der Waals surface area contributed by atoms with E-state index in [0.717, 1.165) is 6.92 Å². The maximum atomic E-state index is 9.00. The molecule has 0 aromatic heterocycles. The van der Waals surface area contributed by atoms with Gasteiger partial charge in [0.15, 0.2) is 0 Å². The van der Waals surface area contributed by atoms with Crippen LogP contribution in [0.25, 0.3) is 0 Å². The molecule has 0 aromatic rings. The summed E-state index contributed by atoms with van der Waals surface area (Å²) in [6, 6.07) is 0. The van der Waals surface area contributed by atoms with Crippen LogP contribution in [0.5, 0.6) is 0 Å². The Morgan fingerprint density at radius 3 is 1.67 bits per heavy atom. The van der Waals surface area contributed by atoms with Crippen molar-refractivity contribution in [2.75, 3.05) is 0 Å². The average Bonchev–Trinajstić information content (AvgIpc) is 0.811. The van der Waals surface area contributed by atoms with Gasteiger partial charge in [0.05, 0.1) is 0 Å². The molecule has 0 saturated carbocycles. The number of halogens is 1. The fraction of sp³-hybridized carbons (Fsp3) is 0.500. The Balaban J connectivity index is -0.0000000450. The van der Waals surface area contributed by atoms with Gasteiger partial charge in [0.2, 0.25) is 0 Å². The number of carboxylic acids is 1. The third kappa shape index (κ3) is 63.7. The molecular weight excluding hydrogens is 206 g/mol. The number of hydrogen-bond donors (Lipinski definition) is 1. The topological polar surface area (TPSA) is 37.3 Å². The first-order valence-corrected chi connectivity index (χ1v) is 0.928. The molecule has 0 saturated heterocycles. The first-order valence-electron chi connectivity index (χ1n) is 0.928. The summed E-state index contributed by atoms with van der Waals surface area (Å²) < 4.78 is 0. The van der Waals surface area contributed by atoms with Crippen LogP contribution in [-0.2, 0) is 4.79 Å². The molecule has 34 valence electrons. The van der Waals surface area contributed by atoms with Gasteiger partial charge >= 0.3 is 29.6 Å². The number of rotatable bonds is 0. The molecule has 0 atom stereocenters. The van der Waals surface area contributed by atoms with Crippen molar-refractivity contribution in [3.8, 4) is 0 Å². The molecule has 0 spiro atoms. The second kappa shape index (κ2) is 9.50. The van der Waals surface area contributed by atoms with Gasteiger partial charge in [-0.25, -0.2) is 0 Å². The quantitative estimate of drug-likeness (QED) is 0.455. The van der Waals surface area contributed by atoms with Gasteiger partial charge in [-0.05, 0) is 0 Å². The van der Waals surface area contributed by atoms with E-state index < -0.39 is 5.97 Å². The summed E-state index contributed by atoms with van der Waals surface area (Å²) in [7, 11) is 0. The monoisotopic (exact) mass is 212 g/mol. The summed E-state index contributed by atoms with van der Waals surface area (Å²) in [4.78, 5) is 9.00. The Labute approximate surface area is 75.6 Å². The Bertz CT molecular complexity index is 34.5. The second-order valence-electron chi connectivity index (χ2n) is 0.519. The third-order valence-corrected chi connectivity index (χ3v) is 0. The van der Waals surface area contributed by atoms with E-state index in [-0.39, 0.29) is 53.5 Å². The van der Waals surface area contributed by atoms with Crippen molar-refractivity contribution in [3.63, 3.8) is 0 Å². The molecule has 0 aromatic carbocycles. The summed E-state index contributed by atoms with van der Waals surface area (Å²) >= 11 is 0. The van der Waals surface area contributed by atoms with E-state index in [9.17, 15) is 0 Å². The summed E-state index contributed by atoms with van der Waals surface area (Å²) in [6.45, 7) is 1.08. The fourth-order valence-electron chi connectivity index (χ4n) is 0. The molecule has 0 radical (unpaired) electrons. The SMILES string of the molecule is CC(=O)O.I.[NaH]. The van der Waals surface area contributed by atoms with Gasteiger partial charge in [-0.15, -0.1) is 24.0 Å². The van der Waals surface area contributed by atoms with E-state index in [4.69, 9.17) is 9.90 Å². The molecule has 0 heterocycles. The Morgan fingerprint density at radius 2 is 1.67 bits per heavy atom. The molecule has 6 heavy (non-hydrogen) atoms. The van der Waals surface area contributed by atoms with E-state index in [0.29, 0.717) is 0 Å². The van der Waals surface area contributed by atoms with E-state index in [1.807, 2.05) is 0 Å². The zero-order valence-electron chi connectivity index (χ0n) is 2.76. The molecule has 0 aliphatic carbocycles. The van der Waals surface area contributed by atoms with Crippen LogP contribution in [0.2, 0.25) is 0 Å². The molecule has 0 aliphatic heterocycles. The van der Waals surface area contributed by atoms with Gasteiger partial charge in [-0.3, -0.25) is 4.79 Å². The molecule has 2 nitrogen and oxygen atoms in total. The zero-order chi connectivity index (χ0) is 3.58. The van der Waals surface area contributed by atoms with Gasteiger partial charge in [-0.2, -0.15) is 0 Å². The van der Waals surface area contributed by atoms with Crippen molar-refractivity contribution < 1.29 is 9.90 Å². The van der Waals surface area contributed by atoms with Crippen molar-refractivity contribution >= 4 is 59.5 Å². The van der Waals surface area contributed by atoms with Crippen LogP contribution in [0.3, 0.4) is 0 Å². The van der Waals surface area contributed by atoms with E-state index in [1.165, 1.54) is 0 Å². The van der Waals surface area contributed by atoms with Crippen molar-refractivity contribution in [2.24, 2.45) is 0 Å². The van der Waals surface area contributed by atoms with Crippen LogP contribution in [0.4, 0.5) is 0 Å². The van der Waals surface area contributed by atoms with Gasteiger partial charge in [-0.1, -0.05) is 0 Å². The number of hydrogen-bond acceptors (Lipinski definition) is 1. The standard InChI is InChI=1S/C2H4O2.HI.Na.H/c1-2(3)4;;;/h1H3,(H,3,4);1H;;. The molecule has 0 aliphatic rings. The minimum atomic E-state index is -0.833. The zero-order valence-corrected chi connectivity index (χ0v) is 5.09. The molecule has 0 bridgehead atoms. The van der Waals surface area contributed by atoms with Crippen LogP contribution < -0.4 is 0 Å². The van der Waals surface area contributed by atoms with Gasteiger partial charge in [0.25, 0.3) is 5.97 Å². The van der Waals surface area contributed by atoms with Gasteiger partial charge in [0.1, 0.15) is 0 Å². The van der Waals surface area contributed by atoms with Crippen molar-refractivity contribution in [3.05, 3.63) is 0 Å². The molecule has 0 rings (SSSR count). The van der Waals surface area contributed by atoms with Gasteiger partial charge in [0, 0.05) is 6.92 Å². The molecule has 0 fully saturated rings. The van der Waals surface area contributed by atoms with Crippen LogP contribution in [0.15, 0.2) is 0 Å². The minimum absolute atomic E-state index is 0. The third-order valence-electron chi connectivity index (χ3n) is 0. The first kappa shape index (κ1) is 15.7. The average molecular weight is 212 g/mol. The van der Waals surface area contributed by atoms with Crippen molar-refractivity contribution in [2.45, 2.75) is 6.92 Å². The van der Waals surface area contributed by atoms with E-state index in [2.05, 4.69) is 0 Å². The Hall–Kier alpha value is 1.20. The summed E-state index contributed by atoms with van der Waals surface area (Å²) in [5.74, 6) is -0.833. The predicted octanol–water partition coefficient (Wildman–Crippen LogP) is 0.0604. The summed E-state index contributed by atoms with van der Waals surface area (Å²) in [6.07, 6.45) is 0. The molecular formula is C2H6INaO2. The van der Waals surface area contributed by atoms with Crippen molar-refractivity contribution in [1.29, 1.82) is 0 Å². The first-order chi connectivity index (χ1) is 1.73. The molecule has 1 N–H and O–H groups in total. The van der Waals surface area contributed by atoms with Crippen LogP contribution in [0.1, 0.15) is 6.92 Å². The molecule has 0 amide bonds. The van der Waals surface area contributed by atoms with Crippen LogP contribution >= 0.6 is 24.0 Å². The summed E-state index contributed by atoms with van der Waals surface area (Å²) in [5.41, 5.74) is 0. The van der Waals surface area contributed by atoms with Crippen LogP contribution in [0, 0.1) is 0 Å². The maximum absolute atomic E-state index is 9.00. The number of aliphatic carboxylic acids is 1. The normalized spacial score (nSPS) is 4.17. The Kier molecular flexibility index (Phi) is 24.9. The van der Waals surface area contributed by atoms with E-state index >= 15 is 0 Å². The van der Waals surface area contributed by atoms with E-state index in [1.54, 1.807) is 0 Å². The molecule has 0 unspecified atom stereocenters. The van der Waals surface area contributed by atoms with Crippen molar-refractivity contribution in [1.82, 2.24) is 0 Å². The predicted molar refractivity (Wildman–Crippen MR) is 35.9 cm³/mol. The second-order valence-corrected chi connectivity index (χ2v) is 0.519. The summed E-state index contributed by atoms with van der Waals surface area (Å²) in [5, 5.41) is 7.42. The molecule has 4 heteroatoms. The number of carbonyl (C=O) groups is 1. The van der Waals surface area contributed by atoms with Crippen LogP contribution in [-0.4, -0.2) is 40.6 Å².